The van der Waals surface area contributed by atoms with Crippen LogP contribution in [0.4, 0.5) is 0 Å². The monoisotopic (exact) mass is 264 g/mol. The fourth-order valence-electron chi connectivity index (χ4n) is 1.32. The highest BCUT2D eigenvalue weighted by molar-refractivity contribution is 7.98. The molecular formula is C11H14Cl2OS. The molecule has 0 aliphatic heterocycles. The molecule has 15 heavy (non-hydrogen) atoms. The summed E-state index contributed by atoms with van der Waals surface area (Å²) in [6.45, 7) is 0. The van der Waals surface area contributed by atoms with E-state index in [2.05, 4.69) is 0 Å². The Morgan fingerprint density at radius 2 is 1.93 bits per heavy atom. The van der Waals surface area contributed by atoms with Crippen molar-refractivity contribution in [3.05, 3.63) is 33.8 Å². The first-order valence-electron chi connectivity index (χ1n) is 4.75. The fourth-order valence-corrected chi connectivity index (χ4v) is 2.38. The number of benzene rings is 1. The van der Waals surface area contributed by atoms with Crippen LogP contribution in [0.25, 0.3) is 0 Å². The van der Waals surface area contributed by atoms with E-state index < -0.39 is 0 Å². The van der Waals surface area contributed by atoms with Gasteiger partial charge in [-0.05, 0) is 36.1 Å². The van der Waals surface area contributed by atoms with E-state index in [0.717, 1.165) is 17.7 Å². The second-order valence-electron chi connectivity index (χ2n) is 3.34. The summed E-state index contributed by atoms with van der Waals surface area (Å²) in [5.74, 6) is 0.948. The molecule has 1 aromatic carbocycles. The summed E-state index contributed by atoms with van der Waals surface area (Å²) >= 11 is 13.7. The third-order valence-electron chi connectivity index (χ3n) is 2.16. The number of halogens is 2. The van der Waals surface area contributed by atoms with Crippen LogP contribution in [0, 0.1) is 0 Å². The molecule has 1 atom stereocenters. The molecule has 0 aromatic heterocycles. The summed E-state index contributed by atoms with van der Waals surface area (Å²) in [5, 5.41) is 11.0. The van der Waals surface area contributed by atoms with Crippen LogP contribution in [0.1, 0.15) is 12.0 Å². The first-order chi connectivity index (χ1) is 7.15. The summed E-state index contributed by atoms with van der Waals surface area (Å²) in [5.41, 5.74) is 0.842. The van der Waals surface area contributed by atoms with Gasteiger partial charge in [0.15, 0.2) is 0 Å². The number of aliphatic hydroxyl groups excluding tert-OH is 1. The highest BCUT2D eigenvalue weighted by Crippen LogP contribution is 2.26. The van der Waals surface area contributed by atoms with Gasteiger partial charge in [-0.3, -0.25) is 0 Å². The highest BCUT2D eigenvalue weighted by atomic mass is 35.5. The third-order valence-corrected chi connectivity index (χ3v) is 3.51. The zero-order valence-electron chi connectivity index (χ0n) is 8.54. The second-order valence-corrected chi connectivity index (χ2v) is 5.14. The number of aliphatic hydroxyl groups is 1. The summed E-state index contributed by atoms with van der Waals surface area (Å²) in [4.78, 5) is 0. The first kappa shape index (κ1) is 13.2. The number of rotatable bonds is 5. The average Bonchev–Trinajstić information content (AvgIpc) is 2.21. The molecule has 84 valence electrons. The minimum absolute atomic E-state index is 0.366. The van der Waals surface area contributed by atoms with Crippen molar-refractivity contribution in [3.8, 4) is 0 Å². The molecule has 1 N–H and O–H groups in total. The van der Waals surface area contributed by atoms with Crippen molar-refractivity contribution in [1.82, 2.24) is 0 Å². The van der Waals surface area contributed by atoms with Crippen molar-refractivity contribution in [1.29, 1.82) is 0 Å². The van der Waals surface area contributed by atoms with Gasteiger partial charge >= 0.3 is 0 Å². The Morgan fingerprint density at radius 3 is 2.47 bits per heavy atom. The predicted octanol–water partition coefficient (Wildman–Crippen LogP) is 3.65. The topological polar surface area (TPSA) is 20.2 Å². The second kappa shape index (κ2) is 6.64. The molecule has 0 saturated heterocycles. The Hall–Kier alpha value is 0.110. The van der Waals surface area contributed by atoms with E-state index in [-0.39, 0.29) is 6.10 Å². The normalized spacial score (nSPS) is 12.8. The molecule has 0 bridgehead atoms. The lowest BCUT2D eigenvalue weighted by Gasteiger charge is -2.12. The quantitative estimate of drug-likeness (QED) is 0.876. The van der Waals surface area contributed by atoms with Gasteiger partial charge in [0, 0.05) is 16.5 Å². The van der Waals surface area contributed by atoms with Gasteiger partial charge in [-0.15, -0.1) is 0 Å². The third kappa shape index (κ3) is 4.23. The Balaban J connectivity index is 2.63. The van der Waals surface area contributed by atoms with E-state index in [9.17, 15) is 5.11 Å². The van der Waals surface area contributed by atoms with E-state index in [1.807, 2.05) is 12.3 Å². The van der Waals surface area contributed by atoms with Gasteiger partial charge in [0.25, 0.3) is 0 Å². The van der Waals surface area contributed by atoms with E-state index in [1.54, 1.807) is 23.9 Å². The van der Waals surface area contributed by atoms with Gasteiger partial charge in [-0.2, -0.15) is 11.8 Å². The van der Waals surface area contributed by atoms with Gasteiger partial charge in [0.1, 0.15) is 0 Å². The van der Waals surface area contributed by atoms with Crippen LogP contribution in [0.5, 0.6) is 0 Å². The minimum Gasteiger partial charge on any atom is -0.393 e. The van der Waals surface area contributed by atoms with Crippen molar-refractivity contribution in [2.24, 2.45) is 0 Å². The maximum Gasteiger partial charge on any atom is 0.0589 e. The van der Waals surface area contributed by atoms with E-state index in [4.69, 9.17) is 23.2 Å². The largest absolute Gasteiger partial charge is 0.393 e. The smallest absolute Gasteiger partial charge is 0.0589 e. The van der Waals surface area contributed by atoms with Gasteiger partial charge in [-0.25, -0.2) is 0 Å². The average molecular weight is 265 g/mol. The van der Waals surface area contributed by atoms with Gasteiger partial charge < -0.3 is 5.11 Å². The van der Waals surface area contributed by atoms with Crippen molar-refractivity contribution in [2.45, 2.75) is 18.9 Å². The van der Waals surface area contributed by atoms with Crippen molar-refractivity contribution < 1.29 is 5.11 Å². The SMILES string of the molecule is CSCCC(O)Cc1c(Cl)cccc1Cl. The fraction of sp³-hybridized carbons (Fsp3) is 0.455. The highest BCUT2D eigenvalue weighted by Gasteiger charge is 2.11. The van der Waals surface area contributed by atoms with Crippen molar-refractivity contribution >= 4 is 35.0 Å². The lowest BCUT2D eigenvalue weighted by Crippen LogP contribution is -2.12. The van der Waals surface area contributed by atoms with Crippen molar-refractivity contribution in [2.75, 3.05) is 12.0 Å². The molecular weight excluding hydrogens is 251 g/mol. The van der Waals surface area contributed by atoms with Crippen LogP contribution in [-0.4, -0.2) is 23.2 Å². The van der Waals surface area contributed by atoms with Crippen LogP contribution >= 0.6 is 35.0 Å². The molecule has 0 saturated carbocycles. The zero-order valence-corrected chi connectivity index (χ0v) is 10.9. The maximum absolute atomic E-state index is 9.75. The molecule has 1 aromatic rings. The van der Waals surface area contributed by atoms with Crippen LogP contribution in [0.15, 0.2) is 18.2 Å². The number of thioether (sulfide) groups is 1. The molecule has 0 amide bonds. The number of hydrogen-bond donors (Lipinski definition) is 1. The minimum atomic E-state index is -0.366. The van der Waals surface area contributed by atoms with Gasteiger partial charge in [0.2, 0.25) is 0 Å². The molecule has 4 heteroatoms. The van der Waals surface area contributed by atoms with E-state index in [0.29, 0.717) is 16.5 Å². The summed E-state index contributed by atoms with van der Waals surface area (Å²) in [6, 6.07) is 5.40. The van der Waals surface area contributed by atoms with Gasteiger partial charge in [-0.1, -0.05) is 29.3 Å². The molecule has 1 unspecified atom stereocenters. The molecule has 0 spiro atoms. The summed E-state index contributed by atoms with van der Waals surface area (Å²) in [7, 11) is 0. The Morgan fingerprint density at radius 1 is 1.33 bits per heavy atom. The number of hydrogen-bond acceptors (Lipinski definition) is 2. The van der Waals surface area contributed by atoms with Crippen LogP contribution in [0.3, 0.4) is 0 Å². The Labute approximate surface area is 105 Å². The van der Waals surface area contributed by atoms with Crippen molar-refractivity contribution in [3.63, 3.8) is 0 Å². The molecule has 0 aliphatic carbocycles. The molecule has 0 fully saturated rings. The zero-order chi connectivity index (χ0) is 11.3. The standard InChI is InChI=1S/C11H14Cl2OS/c1-15-6-5-8(14)7-9-10(12)3-2-4-11(9)13/h2-4,8,14H,5-7H2,1H3. The Kier molecular flexibility index (Phi) is 5.83. The summed E-state index contributed by atoms with van der Waals surface area (Å²) < 4.78 is 0. The van der Waals surface area contributed by atoms with Crippen LogP contribution in [-0.2, 0) is 6.42 Å². The molecule has 0 heterocycles. The van der Waals surface area contributed by atoms with Crippen LogP contribution < -0.4 is 0 Å². The van der Waals surface area contributed by atoms with E-state index >= 15 is 0 Å². The lowest BCUT2D eigenvalue weighted by atomic mass is 10.1. The first-order valence-corrected chi connectivity index (χ1v) is 6.90. The van der Waals surface area contributed by atoms with Crippen LogP contribution in [0.2, 0.25) is 10.0 Å². The maximum atomic E-state index is 9.75. The Bertz CT molecular complexity index is 297. The van der Waals surface area contributed by atoms with Gasteiger partial charge in [0.05, 0.1) is 6.10 Å². The predicted molar refractivity (Wildman–Crippen MR) is 69.2 cm³/mol. The molecule has 1 rings (SSSR count). The molecule has 1 nitrogen and oxygen atoms in total. The lowest BCUT2D eigenvalue weighted by molar-refractivity contribution is 0.172. The van der Waals surface area contributed by atoms with E-state index in [1.165, 1.54) is 0 Å². The molecule has 0 aliphatic rings. The molecule has 0 radical (unpaired) electrons. The summed E-state index contributed by atoms with van der Waals surface area (Å²) in [6.07, 6.45) is 2.95.